The molecule has 0 saturated heterocycles. The standard InChI is InChI=1S/C24H36Cl3NO3/c1-2-3-4-11-14-23(29)28-16-13-10-8-6-5-7-9-12-15-24(30)31-22-18-20(26)19(25)17-21(22)27/h17-18H,2-16H2,1H3,(H,28,29). The Bertz CT molecular complexity index is 668. The molecule has 0 aliphatic carbocycles. The Morgan fingerprint density at radius 1 is 0.742 bits per heavy atom. The predicted molar refractivity (Wildman–Crippen MR) is 130 cm³/mol. The predicted octanol–water partition coefficient (Wildman–Crippen LogP) is 8.15. The number of hydrogen-bond donors (Lipinski definition) is 1. The molecule has 4 nitrogen and oxygen atoms in total. The Kier molecular flexibility index (Phi) is 15.9. The van der Waals surface area contributed by atoms with E-state index >= 15 is 0 Å². The summed E-state index contributed by atoms with van der Waals surface area (Å²) in [5.74, 6) is 0.123. The van der Waals surface area contributed by atoms with Crippen molar-refractivity contribution in [2.24, 2.45) is 0 Å². The van der Waals surface area contributed by atoms with E-state index in [0.717, 1.165) is 57.9 Å². The van der Waals surface area contributed by atoms with Crippen molar-refractivity contribution in [3.8, 4) is 5.75 Å². The second-order valence-corrected chi connectivity index (χ2v) is 9.13. The number of halogens is 3. The van der Waals surface area contributed by atoms with Gasteiger partial charge in [-0.3, -0.25) is 9.59 Å². The van der Waals surface area contributed by atoms with E-state index in [2.05, 4.69) is 12.2 Å². The molecule has 1 N–H and O–H groups in total. The van der Waals surface area contributed by atoms with Crippen molar-refractivity contribution in [1.82, 2.24) is 5.32 Å². The fourth-order valence-electron chi connectivity index (χ4n) is 3.24. The van der Waals surface area contributed by atoms with Gasteiger partial charge < -0.3 is 10.1 Å². The molecule has 0 bridgehead atoms. The van der Waals surface area contributed by atoms with Gasteiger partial charge in [-0.2, -0.15) is 0 Å². The molecular weight excluding hydrogens is 457 g/mol. The van der Waals surface area contributed by atoms with Crippen LogP contribution in [0.2, 0.25) is 15.1 Å². The van der Waals surface area contributed by atoms with E-state index in [1.165, 1.54) is 37.8 Å². The maximum Gasteiger partial charge on any atom is 0.311 e. The molecule has 1 amide bonds. The minimum atomic E-state index is -0.312. The minimum absolute atomic E-state index is 0.191. The Balaban J connectivity index is 1.94. The van der Waals surface area contributed by atoms with Crippen molar-refractivity contribution in [1.29, 1.82) is 0 Å². The number of benzene rings is 1. The fourth-order valence-corrected chi connectivity index (χ4v) is 3.82. The number of nitrogens with one attached hydrogen (secondary N) is 1. The van der Waals surface area contributed by atoms with Crippen LogP contribution < -0.4 is 10.1 Å². The van der Waals surface area contributed by atoms with Gasteiger partial charge >= 0.3 is 5.97 Å². The zero-order valence-electron chi connectivity index (χ0n) is 18.6. The quantitative estimate of drug-likeness (QED) is 0.103. The topological polar surface area (TPSA) is 55.4 Å². The van der Waals surface area contributed by atoms with Crippen LogP contribution in [0.25, 0.3) is 0 Å². The Morgan fingerprint density at radius 2 is 1.29 bits per heavy atom. The third-order valence-electron chi connectivity index (χ3n) is 5.09. The van der Waals surface area contributed by atoms with Gasteiger partial charge in [0.25, 0.3) is 0 Å². The summed E-state index contributed by atoms with van der Waals surface area (Å²) < 4.78 is 5.27. The number of carbonyl (C=O) groups is 2. The van der Waals surface area contributed by atoms with E-state index in [9.17, 15) is 9.59 Å². The van der Waals surface area contributed by atoms with Crippen LogP contribution in [0, 0.1) is 0 Å². The zero-order chi connectivity index (χ0) is 22.9. The Labute approximate surface area is 202 Å². The van der Waals surface area contributed by atoms with Crippen LogP contribution in [0.5, 0.6) is 5.75 Å². The summed E-state index contributed by atoms with van der Waals surface area (Å²) in [4.78, 5) is 23.6. The molecule has 176 valence electrons. The SMILES string of the molecule is CCCCCCC(=O)NCCCCCCCCCCC(=O)Oc1cc(Cl)c(Cl)cc1Cl. The van der Waals surface area contributed by atoms with Crippen molar-refractivity contribution >= 4 is 46.7 Å². The van der Waals surface area contributed by atoms with Crippen LogP contribution >= 0.6 is 34.8 Å². The van der Waals surface area contributed by atoms with Gasteiger partial charge in [0.15, 0.2) is 5.75 Å². The van der Waals surface area contributed by atoms with E-state index in [4.69, 9.17) is 39.5 Å². The van der Waals surface area contributed by atoms with Crippen molar-refractivity contribution in [2.75, 3.05) is 6.54 Å². The summed E-state index contributed by atoms with van der Waals surface area (Å²) >= 11 is 17.8. The molecule has 1 aromatic rings. The molecular formula is C24H36Cl3NO3. The van der Waals surface area contributed by atoms with Crippen LogP contribution in [0.3, 0.4) is 0 Å². The molecule has 0 atom stereocenters. The first-order chi connectivity index (χ1) is 14.9. The maximum atomic E-state index is 11.9. The zero-order valence-corrected chi connectivity index (χ0v) is 20.9. The largest absolute Gasteiger partial charge is 0.425 e. The lowest BCUT2D eigenvalue weighted by Crippen LogP contribution is -2.23. The molecule has 0 aliphatic heterocycles. The number of ether oxygens (including phenoxy) is 1. The van der Waals surface area contributed by atoms with E-state index in [1.54, 1.807) is 0 Å². The van der Waals surface area contributed by atoms with E-state index in [1.807, 2.05) is 0 Å². The third-order valence-corrected chi connectivity index (χ3v) is 6.10. The average Bonchev–Trinajstić information content (AvgIpc) is 2.73. The summed E-state index contributed by atoms with van der Waals surface area (Å²) in [5.41, 5.74) is 0. The number of esters is 1. The van der Waals surface area contributed by atoms with Crippen LogP contribution in [-0.2, 0) is 9.59 Å². The second kappa shape index (κ2) is 17.6. The fraction of sp³-hybridized carbons (Fsp3) is 0.667. The van der Waals surface area contributed by atoms with Gasteiger partial charge in [0.05, 0.1) is 15.1 Å². The number of carbonyl (C=O) groups excluding carboxylic acids is 2. The van der Waals surface area contributed by atoms with Crippen molar-refractivity contribution in [3.63, 3.8) is 0 Å². The Hall–Kier alpha value is -0.970. The first kappa shape index (κ1) is 28.1. The van der Waals surface area contributed by atoms with E-state index < -0.39 is 0 Å². The number of rotatable bonds is 17. The highest BCUT2D eigenvalue weighted by molar-refractivity contribution is 6.43. The maximum absolute atomic E-state index is 11.9. The molecule has 0 radical (unpaired) electrons. The third kappa shape index (κ3) is 13.9. The summed E-state index contributed by atoms with van der Waals surface area (Å²) in [6, 6.07) is 2.93. The van der Waals surface area contributed by atoms with Crippen molar-refractivity contribution in [2.45, 2.75) is 96.8 Å². The number of hydrogen-bond acceptors (Lipinski definition) is 3. The van der Waals surface area contributed by atoms with Gasteiger partial charge in [-0.1, -0.05) is 99.5 Å². The van der Waals surface area contributed by atoms with Gasteiger partial charge in [-0.05, 0) is 25.3 Å². The molecule has 31 heavy (non-hydrogen) atoms. The first-order valence-corrected chi connectivity index (χ1v) is 12.7. The normalized spacial score (nSPS) is 10.8. The summed E-state index contributed by atoms with van der Waals surface area (Å²) in [6.07, 6.45) is 14.2. The highest BCUT2D eigenvalue weighted by Gasteiger charge is 2.11. The van der Waals surface area contributed by atoms with Gasteiger partial charge in [-0.25, -0.2) is 0 Å². The molecule has 1 rings (SSSR count). The van der Waals surface area contributed by atoms with Gasteiger partial charge in [0, 0.05) is 25.5 Å². The van der Waals surface area contributed by atoms with Crippen molar-refractivity contribution in [3.05, 3.63) is 27.2 Å². The van der Waals surface area contributed by atoms with Crippen molar-refractivity contribution < 1.29 is 14.3 Å². The molecule has 0 heterocycles. The molecule has 1 aromatic carbocycles. The van der Waals surface area contributed by atoms with Gasteiger partial charge in [0.2, 0.25) is 5.91 Å². The summed E-state index contributed by atoms with van der Waals surface area (Å²) in [7, 11) is 0. The number of unbranched alkanes of at least 4 members (excludes halogenated alkanes) is 10. The van der Waals surface area contributed by atoms with Crippen LogP contribution in [0.1, 0.15) is 96.8 Å². The summed E-state index contributed by atoms with van der Waals surface area (Å²) in [6.45, 7) is 2.96. The molecule has 0 unspecified atom stereocenters. The monoisotopic (exact) mass is 491 g/mol. The lowest BCUT2D eigenvalue weighted by atomic mass is 10.1. The molecule has 0 aliphatic rings. The first-order valence-electron chi connectivity index (χ1n) is 11.6. The van der Waals surface area contributed by atoms with Crippen LogP contribution in [0.4, 0.5) is 0 Å². The molecule has 0 aromatic heterocycles. The smallest absolute Gasteiger partial charge is 0.311 e. The highest BCUT2D eigenvalue weighted by Crippen LogP contribution is 2.34. The molecule has 0 fully saturated rings. The lowest BCUT2D eigenvalue weighted by Gasteiger charge is -2.08. The lowest BCUT2D eigenvalue weighted by molar-refractivity contribution is -0.134. The summed E-state index contributed by atoms with van der Waals surface area (Å²) in [5, 5.41) is 3.92. The van der Waals surface area contributed by atoms with Crippen LogP contribution in [0.15, 0.2) is 12.1 Å². The van der Waals surface area contributed by atoms with E-state index in [0.29, 0.717) is 22.9 Å². The van der Waals surface area contributed by atoms with Gasteiger partial charge in [-0.15, -0.1) is 0 Å². The molecule has 7 heteroatoms. The van der Waals surface area contributed by atoms with Gasteiger partial charge in [0.1, 0.15) is 0 Å². The Morgan fingerprint density at radius 3 is 1.97 bits per heavy atom. The van der Waals surface area contributed by atoms with E-state index in [-0.39, 0.29) is 22.6 Å². The minimum Gasteiger partial charge on any atom is -0.425 e. The average molecular weight is 493 g/mol. The molecule has 0 spiro atoms. The number of amides is 1. The molecule has 0 saturated carbocycles. The van der Waals surface area contributed by atoms with Crippen LogP contribution in [-0.4, -0.2) is 18.4 Å². The highest BCUT2D eigenvalue weighted by atomic mass is 35.5. The second-order valence-electron chi connectivity index (χ2n) is 7.91.